The SMILES string of the molecule is COCCn1c(=NC(=O)c2ccc(SC)cc2)sc2c(C)cc(C)cc21. The lowest BCUT2D eigenvalue weighted by Crippen LogP contribution is -2.19. The molecular formula is C20H22N2O2S2. The summed E-state index contributed by atoms with van der Waals surface area (Å²) in [5.41, 5.74) is 4.11. The molecule has 2 aromatic carbocycles. The van der Waals surface area contributed by atoms with E-state index in [1.165, 1.54) is 11.1 Å². The van der Waals surface area contributed by atoms with Crippen molar-refractivity contribution in [1.82, 2.24) is 4.57 Å². The molecule has 0 bridgehead atoms. The van der Waals surface area contributed by atoms with Crippen molar-refractivity contribution >= 4 is 39.2 Å². The first-order chi connectivity index (χ1) is 12.5. The van der Waals surface area contributed by atoms with E-state index in [4.69, 9.17) is 4.74 Å². The number of benzene rings is 2. The van der Waals surface area contributed by atoms with E-state index < -0.39 is 0 Å². The number of carbonyl (C=O) groups is 1. The van der Waals surface area contributed by atoms with Crippen LogP contribution in [0.2, 0.25) is 0 Å². The number of nitrogens with zero attached hydrogens (tertiary/aromatic N) is 2. The monoisotopic (exact) mass is 386 g/mol. The normalized spacial score (nSPS) is 12.1. The third kappa shape index (κ3) is 3.92. The van der Waals surface area contributed by atoms with Crippen LogP contribution >= 0.6 is 23.1 Å². The van der Waals surface area contributed by atoms with Gasteiger partial charge in [0.1, 0.15) is 0 Å². The number of aromatic nitrogens is 1. The van der Waals surface area contributed by atoms with Crippen molar-refractivity contribution in [2.45, 2.75) is 25.3 Å². The summed E-state index contributed by atoms with van der Waals surface area (Å²) in [4.78, 5) is 18.9. The number of aryl methyl sites for hydroxylation is 2. The van der Waals surface area contributed by atoms with Gasteiger partial charge in [-0.15, -0.1) is 11.8 Å². The second-order valence-corrected chi connectivity index (χ2v) is 7.96. The molecule has 0 unspecified atom stereocenters. The van der Waals surface area contributed by atoms with Gasteiger partial charge in [0.15, 0.2) is 4.80 Å². The molecule has 0 atom stereocenters. The molecule has 6 heteroatoms. The minimum Gasteiger partial charge on any atom is -0.383 e. The van der Waals surface area contributed by atoms with E-state index in [0.717, 1.165) is 15.1 Å². The highest BCUT2D eigenvalue weighted by molar-refractivity contribution is 7.98. The van der Waals surface area contributed by atoms with Gasteiger partial charge in [-0.3, -0.25) is 4.79 Å². The smallest absolute Gasteiger partial charge is 0.279 e. The maximum absolute atomic E-state index is 12.7. The molecule has 0 aliphatic carbocycles. The van der Waals surface area contributed by atoms with E-state index in [1.54, 1.807) is 30.2 Å². The summed E-state index contributed by atoms with van der Waals surface area (Å²) in [7, 11) is 1.68. The van der Waals surface area contributed by atoms with Crippen molar-refractivity contribution in [2.75, 3.05) is 20.0 Å². The van der Waals surface area contributed by atoms with Crippen LogP contribution in [0.25, 0.3) is 10.2 Å². The van der Waals surface area contributed by atoms with E-state index >= 15 is 0 Å². The highest BCUT2D eigenvalue weighted by Crippen LogP contribution is 2.23. The minimum atomic E-state index is -0.218. The van der Waals surface area contributed by atoms with Gasteiger partial charge in [-0.25, -0.2) is 0 Å². The molecule has 0 radical (unpaired) electrons. The van der Waals surface area contributed by atoms with Crippen LogP contribution in [0.4, 0.5) is 0 Å². The van der Waals surface area contributed by atoms with Crippen molar-refractivity contribution in [3.05, 3.63) is 57.9 Å². The molecule has 3 rings (SSSR count). The molecule has 0 aliphatic heterocycles. The molecular weight excluding hydrogens is 364 g/mol. The van der Waals surface area contributed by atoms with Gasteiger partial charge in [0, 0.05) is 24.1 Å². The standard InChI is InChI=1S/C20H22N2O2S2/c1-13-11-14(2)18-17(12-13)22(9-10-24-3)20(26-18)21-19(23)15-5-7-16(25-4)8-6-15/h5-8,11-12H,9-10H2,1-4H3. The van der Waals surface area contributed by atoms with Crippen LogP contribution in [-0.2, 0) is 11.3 Å². The zero-order valence-corrected chi connectivity index (χ0v) is 17.0. The van der Waals surface area contributed by atoms with E-state index in [9.17, 15) is 4.79 Å². The molecule has 0 saturated heterocycles. The topological polar surface area (TPSA) is 43.6 Å². The zero-order valence-electron chi connectivity index (χ0n) is 15.4. The van der Waals surface area contributed by atoms with Crippen LogP contribution in [0.15, 0.2) is 46.3 Å². The van der Waals surface area contributed by atoms with Gasteiger partial charge in [0.2, 0.25) is 0 Å². The van der Waals surface area contributed by atoms with Gasteiger partial charge in [0.05, 0.1) is 16.8 Å². The Morgan fingerprint density at radius 1 is 1.23 bits per heavy atom. The summed E-state index contributed by atoms with van der Waals surface area (Å²) in [6, 6.07) is 11.9. The van der Waals surface area contributed by atoms with E-state index in [-0.39, 0.29) is 5.91 Å². The molecule has 0 N–H and O–H groups in total. The summed E-state index contributed by atoms with van der Waals surface area (Å²) in [6.07, 6.45) is 2.02. The summed E-state index contributed by atoms with van der Waals surface area (Å²) < 4.78 is 8.49. The van der Waals surface area contributed by atoms with Crippen LogP contribution < -0.4 is 4.80 Å². The number of thioether (sulfide) groups is 1. The largest absolute Gasteiger partial charge is 0.383 e. The lowest BCUT2D eigenvalue weighted by atomic mass is 10.1. The van der Waals surface area contributed by atoms with Crippen molar-refractivity contribution < 1.29 is 9.53 Å². The molecule has 136 valence electrons. The Labute approximate surface area is 161 Å². The average Bonchev–Trinajstić information content (AvgIpc) is 2.97. The van der Waals surface area contributed by atoms with Gasteiger partial charge < -0.3 is 9.30 Å². The fraction of sp³-hybridized carbons (Fsp3) is 0.300. The molecule has 0 aliphatic rings. The molecule has 0 fully saturated rings. The van der Waals surface area contributed by atoms with Crippen LogP contribution in [0.1, 0.15) is 21.5 Å². The first-order valence-electron chi connectivity index (χ1n) is 8.36. The second-order valence-electron chi connectivity index (χ2n) is 6.10. The number of carbonyl (C=O) groups excluding carboxylic acids is 1. The van der Waals surface area contributed by atoms with Crippen molar-refractivity contribution in [3.63, 3.8) is 0 Å². The quantitative estimate of drug-likeness (QED) is 0.609. The van der Waals surface area contributed by atoms with E-state index in [0.29, 0.717) is 23.5 Å². The maximum atomic E-state index is 12.7. The number of hydrogen-bond donors (Lipinski definition) is 0. The molecule has 1 aromatic heterocycles. The zero-order chi connectivity index (χ0) is 18.7. The van der Waals surface area contributed by atoms with E-state index in [2.05, 4.69) is 35.5 Å². The summed E-state index contributed by atoms with van der Waals surface area (Å²) >= 11 is 3.21. The fourth-order valence-corrected chi connectivity index (χ4v) is 4.39. The first-order valence-corrected chi connectivity index (χ1v) is 10.4. The van der Waals surface area contributed by atoms with Crippen LogP contribution in [0.3, 0.4) is 0 Å². The predicted molar refractivity (Wildman–Crippen MR) is 109 cm³/mol. The molecule has 3 aromatic rings. The Morgan fingerprint density at radius 3 is 2.62 bits per heavy atom. The molecule has 4 nitrogen and oxygen atoms in total. The van der Waals surface area contributed by atoms with Crippen LogP contribution in [0.5, 0.6) is 0 Å². The number of fused-ring (bicyclic) bond motifs is 1. The third-order valence-corrected chi connectivity index (χ3v) is 6.14. The summed E-state index contributed by atoms with van der Waals surface area (Å²) in [5, 5.41) is 0. The van der Waals surface area contributed by atoms with Crippen LogP contribution in [-0.4, -0.2) is 30.4 Å². The number of thiazole rings is 1. The number of ether oxygens (including phenoxy) is 1. The van der Waals surface area contributed by atoms with Gasteiger partial charge in [-0.2, -0.15) is 4.99 Å². The lowest BCUT2D eigenvalue weighted by Gasteiger charge is -2.06. The lowest BCUT2D eigenvalue weighted by molar-refractivity contribution is 0.0997. The number of amides is 1. The van der Waals surface area contributed by atoms with Crippen molar-refractivity contribution in [1.29, 1.82) is 0 Å². The average molecular weight is 387 g/mol. The number of hydrogen-bond acceptors (Lipinski definition) is 4. The summed E-state index contributed by atoms with van der Waals surface area (Å²) in [6.45, 7) is 5.42. The fourth-order valence-electron chi connectivity index (χ4n) is 2.88. The van der Waals surface area contributed by atoms with Crippen molar-refractivity contribution in [2.24, 2.45) is 4.99 Å². The van der Waals surface area contributed by atoms with Gasteiger partial charge in [0.25, 0.3) is 5.91 Å². The highest BCUT2D eigenvalue weighted by atomic mass is 32.2. The Morgan fingerprint density at radius 2 is 1.96 bits per heavy atom. The Hall–Kier alpha value is -1.89. The Kier molecular flexibility index (Phi) is 5.96. The van der Waals surface area contributed by atoms with E-state index in [1.807, 2.05) is 30.5 Å². The predicted octanol–water partition coefficient (Wildman–Crippen LogP) is 4.43. The van der Waals surface area contributed by atoms with Gasteiger partial charge in [-0.1, -0.05) is 17.4 Å². The maximum Gasteiger partial charge on any atom is 0.279 e. The first kappa shape index (κ1) is 18.9. The Bertz CT molecular complexity index is 1000. The third-order valence-electron chi connectivity index (χ3n) is 4.17. The molecule has 0 saturated carbocycles. The summed E-state index contributed by atoms with van der Waals surface area (Å²) in [5.74, 6) is -0.218. The second kappa shape index (κ2) is 8.20. The van der Waals surface area contributed by atoms with Gasteiger partial charge >= 0.3 is 0 Å². The molecule has 26 heavy (non-hydrogen) atoms. The molecule has 0 spiro atoms. The number of methoxy groups -OCH3 is 1. The molecule has 1 heterocycles. The minimum absolute atomic E-state index is 0.218. The Balaban J connectivity index is 2.10. The van der Waals surface area contributed by atoms with Crippen LogP contribution in [0, 0.1) is 13.8 Å². The molecule has 1 amide bonds. The van der Waals surface area contributed by atoms with Gasteiger partial charge in [-0.05, 0) is 61.6 Å². The van der Waals surface area contributed by atoms with Crippen molar-refractivity contribution in [3.8, 4) is 0 Å². The highest BCUT2D eigenvalue weighted by Gasteiger charge is 2.11. The number of rotatable bonds is 5.